The van der Waals surface area contributed by atoms with Gasteiger partial charge in [0.05, 0.1) is 26.4 Å². The molecular weight excluding hydrogens is 258 g/mol. The molecule has 0 spiro atoms. The fourth-order valence-corrected chi connectivity index (χ4v) is 1.88. The van der Waals surface area contributed by atoms with Gasteiger partial charge in [-0.2, -0.15) is 0 Å². The van der Waals surface area contributed by atoms with E-state index in [1.807, 2.05) is 25.1 Å². The third-order valence-electron chi connectivity index (χ3n) is 3.16. The van der Waals surface area contributed by atoms with Gasteiger partial charge in [0.25, 0.3) is 0 Å². The maximum Gasteiger partial charge on any atom is 0.160 e. The highest BCUT2D eigenvalue weighted by Crippen LogP contribution is 2.27. The first-order valence-corrected chi connectivity index (χ1v) is 6.69. The van der Waals surface area contributed by atoms with Crippen molar-refractivity contribution in [2.45, 2.75) is 31.9 Å². The van der Waals surface area contributed by atoms with Gasteiger partial charge in [-0.05, 0) is 38.0 Å². The molecule has 0 saturated carbocycles. The summed E-state index contributed by atoms with van der Waals surface area (Å²) >= 11 is 0. The molecule has 5 nitrogen and oxygen atoms in total. The molecule has 0 amide bonds. The number of hydrogen-bond acceptors (Lipinski definition) is 5. The van der Waals surface area contributed by atoms with Crippen LogP contribution in [-0.2, 0) is 6.42 Å². The molecule has 3 N–H and O–H groups in total. The van der Waals surface area contributed by atoms with Gasteiger partial charge in [0.15, 0.2) is 11.5 Å². The van der Waals surface area contributed by atoms with Crippen molar-refractivity contribution >= 4 is 0 Å². The van der Waals surface area contributed by atoms with E-state index in [9.17, 15) is 5.11 Å². The quantitative estimate of drug-likeness (QED) is 0.663. The van der Waals surface area contributed by atoms with E-state index in [0.717, 1.165) is 12.0 Å². The van der Waals surface area contributed by atoms with Crippen molar-refractivity contribution in [3.05, 3.63) is 23.8 Å². The summed E-state index contributed by atoms with van der Waals surface area (Å²) in [5.41, 5.74) is 0.0255. The van der Waals surface area contributed by atoms with Gasteiger partial charge >= 0.3 is 0 Å². The lowest BCUT2D eigenvalue weighted by atomic mass is 10.0. The molecule has 0 bridgehead atoms. The van der Waals surface area contributed by atoms with Crippen LogP contribution < -0.4 is 14.8 Å². The summed E-state index contributed by atoms with van der Waals surface area (Å²) in [7, 11) is 3.22. The fourth-order valence-electron chi connectivity index (χ4n) is 1.88. The maximum absolute atomic E-state index is 9.74. The van der Waals surface area contributed by atoms with Crippen LogP contribution in [0.5, 0.6) is 11.5 Å². The number of ether oxygens (including phenoxy) is 2. The molecule has 2 atom stereocenters. The van der Waals surface area contributed by atoms with Crippen LogP contribution >= 0.6 is 0 Å². The van der Waals surface area contributed by atoms with Gasteiger partial charge in [-0.3, -0.25) is 0 Å². The SMILES string of the molecule is COc1ccc(CC(C)NCC(C)(O)CO)cc1OC. The fraction of sp³-hybridized carbons (Fsp3) is 0.600. The van der Waals surface area contributed by atoms with E-state index in [1.165, 1.54) is 0 Å². The molecule has 0 saturated heterocycles. The van der Waals surface area contributed by atoms with Crippen LogP contribution in [0.1, 0.15) is 19.4 Å². The second-order valence-electron chi connectivity index (χ2n) is 5.33. The zero-order chi connectivity index (χ0) is 15.2. The molecule has 0 fully saturated rings. The number of benzene rings is 1. The monoisotopic (exact) mass is 283 g/mol. The largest absolute Gasteiger partial charge is 0.493 e. The van der Waals surface area contributed by atoms with Crippen LogP contribution in [0.2, 0.25) is 0 Å². The Morgan fingerprint density at radius 3 is 2.45 bits per heavy atom. The summed E-state index contributed by atoms with van der Waals surface area (Å²) in [6, 6.07) is 5.99. The van der Waals surface area contributed by atoms with E-state index in [4.69, 9.17) is 14.6 Å². The molecule has 0 radical (unpaired) electrons. The summed E-state index contributed by atoms with van der Waals surface area (Å²) in [5.74, 6) is 1.42. The Bertz CT molecular complexity index is 420. The van der Waals surface area contributed by atoms with E-state index in [-0.39, 0.29) is 12.6 Å². The van der Waals surface area contributed by atoms with E-state index >= 15 is 0 Å². The van der Waals surface area contributed by atoms with Gasteiger partial charge < -0.3 is 25.0 Å². The summed E-state index contributed by atoms with van der Waals surface area (Å²) in [4.78, 5) is 0. The van der Waals surface area contributed by atoms with Crippen LogP contribution in [0.3, 0.4) is 0 Å². The molecule has 0 aliphatic rings. The van der Waals surface area contributed by atoms with Crippen LogP contribution in [0.15, 0.2) is 18.2 Å². The first-order valence-electron chi connectivity index (χ1n) is 6.69. The molecule has 5 heteroatoms. The molecule has 1 rings (SSSR count). The highest BCUT2D eigenvalue weighted by molar-refractivity contribution is 5.43. The number of methoxy groups -OCH3 is 2. The highest BCUT2D eigenvalue weighted by Gasteiger charge is 2.19. The Morgan fingerprint density at radius 1 is 1.25 bits per heavy atom. The van der Waals surface area contributed by atoms with Crippen molar-refractivity contribution in [1.82, 2.24) is 5.32 Å². The van der Waals surface area contributed by atoms with Crippen molar-refractivity contribution in [3.8, 4) is 11.5 Å². The Hall–Kier alpha value is -1.30. The number of aliphatic hydroxyl groups is 2. The Labute approximate surface area is 120 Å². The van der Waals surface area contributed by atoms with E-state index in [1.54, 1.807) is 21.1 Å². The molecular formula is C15H25NO4. The lowest BCUT2D eigenvalue weighted by molar-refractivity contribution is 0.00111. The maximum atomic E-state index is 9.74. The van der Waals surface area contributed by atoms with Crippen LogP contribution in [0.25, 0.3) is 0 Å². The molecule has 0 aliphatic carbocycles. The molecule has 0 aliphatic heterocycles. The minimum atomic E-state index is -1.09. The van der Waals surface area contributed by atoms with E-state index in [0.29, 0.717) is 18.0 Å². The number of hydrogen-bond donors (Lipinski definition) is 3. The molecule has 1 aromatic rings. The second-order valence-corrected chi connectivity index (χ2v) is 5.33. The van der Waals surface area contributed by atoms with Gasteiger partial charge in [-0.1, -0.05) is 6.07 Å². The summed E-state index contributed by atoms with van der Waals surface area (Å²) in [6.07, 6.45) is 0.794. The summed E-state index contributed by atoms with van der Waals surface area (Å²) < 4.78 is 10.5. The second kappa shape index (κ2) is 7.47. The van der Waals surface area contributed by atoms with E-state index < -0.39 is 5.60 Å². The highest BCUT2D eigenvalue weighted by atomic mass is 16.5. The van der Waals surface area contributed by atoms with Crippen molar-refractivity contribution < 1.29 is 19.7 Å². The average molecular weight is 283 g/mol. The van der Waals surface area contributed by atoms with Crippen LogP contribution in [0.4, 0.5) is 0 Å². The third kappa shape index (κ3) is 5.00. The molecule has 2 unspecified atom stereocenters. The first-order chi connectivity index (χ1) is 9.41. The molecule has 114 valence electrons. The van der Waals surface area contributed by atoms with Crippen LogP contribution in [-0.4, -0.2) is 49.2 Å². The van der Waals surface area contributed by atoms with Gasteiger partial charge in [0.1, 0.15) is 0 Å². The van der Waals surface area contributed by atoms with Crippen molar-refractivity contribution in [2.24, 2.45) is 0 Å². The number of rotatable bonds is 8. The van der Waals surface area contributed by atoms with E-state index in [2.05, 4.69) is 5.32 Å². The third-order valence-corrected chi connectivity index (χ3v) is 3.16. The lowest BCUT2D eigenvalue weighted by Crippen LogP contribution is -2.44. The molecule has 0 heterocycles. The first kappa shape index (κ1) is 16.8. The Kier molecular flexibility index (Phi) is 6.26. The Balaban J connectivity index is 2.60. The normalized spacial score (nSPS) is 15.5. The number of aliphatic hydroxyl groups excluding tert-OH is 1. The topological polar surface area (TPSA) is 71.0 Å². The van der Waals surface area contributed by atoms with Crippen molar-refractivity contribution in [2.75, 3.05) is 27.4 Å². The zero-order valence-corrected chi connectivity index (χ0v) is 12.6. The zero-order valence-electron chi connectivity index (χ0n) is 12.6. The van der Waals surface area contributed by atoms with Gasteiger partial charge in [-0.25, -0.2) is 0 Å². The smallest absolute Gasteiger partial charge is 0.160 e. The summed E-state index contributed by atoms with van der Waals surface area (Å²) in [5, 5.41) is 21.9. The minimum absolute atomic E-state index is 0.172. The predicted octanol–water partition coefficient (Wildman–Crippen LogP) is 0.968. The molecule has 0 aromatic heterocycles. The Morgan fingerprint density at radius 2 is 1.90 bits per heavy atom. The van der Waals surface area contributed by atoms with Crippen molar-refractivity contribution in [1.29, 1.82) is 0 Å². The molecule has 1 aromatic carbocycles. The standard InChI is InChI=1S/C15H25NO4/c1-11(16-9-15(2,18)10-17)7-12-5-6-13(19-3)14(8-12)20-4/h5-6,8,11,16-18H,7,9-10H2,1-4H3. The van der Waals surface area contributed by atoms with Gasteiger partial charge in [0, 0.05) is 12.6 Å². The number of nitrogens with one attached hydrogen (secondary N) is 1. The van der Waals surface area contributed by atoms with Gasteiger partial charge in [0.2, 0.25) is 0 Å². The van der Waals surface area contributed by atoms with Crippen molar-refractivity contribution in [3.63, 3.8) is 0 Å². The molecule has 20 heavy (non-hydrogen) atoms. The van der Waals surface area contributed by atoms with Gasteiger partial charge in [-0.15, -0.1) is 0 Å². The lowest BCUT2D eigenvalue weighted by Gasteiger charge is -2.24. The van der Waals surface area contributed by atoms with Crippen LogP contribution in [0, 0.1) is 0 Å². The predicted molar refractivity (Wildman–Crippen MR) is 78.4 cm³/mol. The minimum Gasteiger partial charge on any atom is -0.493 e. The summed E-state index contributed by atoms with van der Waals surface area (Å²) in [6.45, 7) is 3.72. The average Bonchev–Trinajstić information content (AvgIpc) is 2.45.